The van der Waals surface area contributed by atoms with E-state index in [1.54, 1.807) is 0 Å². The number of aryl methyl sites for hydroxylation is 2. The average molecular weight is 274 g/mol. The number of benzene rings is 1. The zero-order valence-corrected chi connectivity index (χ0v) is 13.1. The summed E-state index contributed by atoms with van der Waals surface area (Å²) in [6.45, 7) is 11.9. The van der Waals surface area contributed by atoms with Crippen molar-refractivity contribution in [1.82, 2.24) is 10.2 Å². The van der Waals surface area contributed by atoms with Crippen LogP contribution in [-0.2, 0) is 10.2 Å². The fraction of sp³-hybridized carbons (Fsp3) is 0.588. The molecule has 1 saturated heterocycles. The first kappa shape index (κ1) is 15.0. The highest BCUT2D eigenvalue weighted by molar-refractivity contribution is 5.88. The fourth-order valence-electron chi connectivity index (χ4n) is 2.97. The number of hydrogen-bond donors (Lipinski definition) is 1. The number of amides is 1. The molecule has 0 bridgehead atoms. The molecule has 20 heavy (non-hydrogen) atoms. The number of rotatable bonds is 2. The van der Waals surface area contributed by atoms with Gasteiger partial charge in [0, 0.05) is 19.6 Å². The summed E-state index contributed by atoms with van der Waals surface area (Å²) in [7, 11) is 0. The summed E-state index contributed by atoms with van der Waals surface area (Å²) in [5.74, 6) is 0.245. The molecule has 1 aliphatic rings. The van der Waals surface area contributed by atoms with Crippen molar-refractivity contribution in [3.05, 3.63) is 34.9 Å². The van der Waals surface area contributed by atoms with Gasteiger partial charge < -0.3 is 10.2 Å². The second kappa shape index (κ2) is 5.96. The molecule has 0 aromatic heterocycles. The van der Waals surface area contributed by atoms with Crippen LogP contribution in [0.3, 0.4) is 0 Å². The van der Waals surface area contributed by atoms with Gasteiger partial charge in [-0.1, -0.05) is 23.8 Å². The number of carbonyl (C=O) groups excluding carboxylic acids is 1. The van der Waals surface area contributed by atoms with E-state index in [0.29, 0.717) is 0 Å². The van der Waals surface area contributed by atoms with Crippen molar-refractivity contribution in [1.29, 1.82) is 0 Å². The van der Waals surface area contributed by atoms with Gasteiger partial charge in [0.25, 0.3) is 0 Å². The topological polar surface area (TPSA) is 32.3 Å². The van der Waals surface area contributed by atoms with Crippen molar-refractivity contribution in [3.8, 4) is 0 Å². The molecular formula is C17H26N2O. The highest BCUT2D eigenvalue weighted by Gasteiger charge is 2.34. The highest BCUT2D eigenvalue weighted by Crippen LogP contribution is 2.29. The monoisotopic (exact) mass is 274 g/mol. The van der Waals surface area contributed by atoms with Crippen molar-refractivity contribution in [3.63, 3.8) is 0 Å². The normalized spacial score (nSPS) is 16.9. The van der Waals surface area contributed by atoms with E-state index >= 15 is 0 Å². The van der Waals surface area contributed by atoms with Crippen LogP contribution in [0.15, 0.2) is 18.2 Å². The van der Waals surface area contributed by atoms with Gasteiger partial charge in [0.15, 0.2) is 0 Å². The SMILES string of the molecule is Cc1ccc(C)c(C(C)(C)C(=O)N2CCCNCC2)c1. The maximum Gasteiger partial charge on any atom is 0.232 e. The van der Waals surface area contributed by atoms with E-state index in [0.717, 1.165) is 38.2 Å². The quantitative estimate of drug-likeness (QED) is 0.898. The predicted octanol–water partition coefficient (Wildman–Crippen LogP) is 2.40. The molecule has 2 rings (SSSR count). The molecule has 1 aromatic rings. The maximum absolute atomic E-state index is 12.9. The molecule has 1 aromatic carbocycles. The van der Waals surface area contributed by atoms with Crippen molar-refractivity contribution < 1.29 is 4.79 Å². The van der Waals surface area contributed by atoms with Crippen LogP contribution >= 0.6 is 0 Å². The second-order valence-corrected chi connectivity index (χ2v) is 6.34. The minimum Gasteiger partial charge on any atom is -0.341 e. The van der Waals surface area contributed by atoms with Crippen molar-refractivity contribution in [2.45, 2.75) is 39.5 Å². The molecule has 0 aliphatic carbocycles. The summed E-state index contributed by atoms with van der Waals surface area (Å²) >= 11 is 0. The Morgan fingerprint density at radius 1 is 1.20 bits per heavy atom. The Morgan fingerprint density at radius 2 is 1.95 bits per heavy atom. The molecule has 0 spiro atoms. The lowest BCUT2D eigenvalue weighted by Gasteiger charge is -2.32. The Bertz CT molecular complexity index is 486. The first-order valence-electron chi connectivity index (χ1n) is 7.51. The van der Waals surface area contributed by atoms with E-state index < -0.39 is 5.41 Å². The molecule has 1 amide bonds. The summed E-state index contributed by atoms with van der Waals surface area (Å²) in [6, 6.07) is 6.38. The van der Waals surface area contributed by atoms with Gasteiger partial charge in [-0.2, -0.15) is 0 Å². The second-order valence-electron chi connectivity index (χ2n) is 6.34. The van der Waals surface area contributed by atoms with E-state index in [1.807, 2.05) is 4.90 Å². The third-order valence-electron chi connectivity index (χ3n) is 4.23. The Morgan fingerprint density at radius 3 is 2.70 bits per heavy atom. The van der Waals surface area contributed by atoms with Crippen molar-refractivity contribution in [2.75, 3.05) is 26.2 Å². The molecule has 1 heterocycles. The minimum atomic E-state index is -0.458. The predicted molar refractivity (Wildman–Crippen MR) is 83.0 cm³/mol. The van der Waals surface area contributed by atoms with E-state index in [9.17, 15) is 4.79 Å². The molecule has 0 saturated carbocycles. The largest absolute Gasteiger partial charge is 0.341 e. The van der Waals surface area contributed by atoms with E-state index in [4.69, 9.17) is 0 Å². The molecule has 110 valence electrons. The lowest BCUT2D eigenvalue weighted by molar-refractivity contribution is -0.136. The van der Waals surface area contributed by atoms with Gasteiger partial charge in [-0.25, -0.2) is 0 Å². The molecule has 0 atom stereocenters. The zero-order chi connectivity index (χ0) is 14.8. The van der Waals surface area contributed by atoms with Crippen LogP contribution < -0.4 is 5.32 Å². The lowest BCUT2D eigenvalue weighted by atomic mass is 9.80. The Balaban J connectivity index is 2.28. The van der Waals surface area contributed by atoms with Gasteiger partial charge in [-0.3, -0.25) is 4.79 Å². The summed E-state index contributed by atoms with van der Waals surface area (Å²) in [4.78, 5) is 15.0. The maximum atomic E-state index is 12.9. The number of carbonyl (C=O) groups is 1. The summed E-state index contributed by atoms with van der Waals surface area (Å²) in [5, 5.41) is 3.35. The molecule has 1 N–H and O–H groups in total. The Kier molecular flexibility index (Phi) is 4.48. The van der Waals surface area contributed by atoms with Gasteiger partial charge >= 0.3 is 0 Å². The van der Waals surface area contributed by atoms with Gasteiger partial charge in [0.1, 0.15) is 0 Å². The number of hydrogen-bond acceptors (Lipinski definition) is 2. The molecule has 3 nitrogen and oxygen atoms in total. The van der Waals surface area contributed by atoms with Gasteiger partial charge in [0.2, 0.25) is 5.91 Å². The van der Waals surface area contributed by atoms with Crippen LogP contribution in [-0.4, -0.2) is 37.0 Å². The third kappa shape index (κ3) is 3.04. The van der Waals surface area contributed by atoms with Crippen LogP contribution in [0.2, 0.25) is 0 Å². The van der Waals surface area contributed by atoms with Crippen LogP contribution in [0.4, 0.5) is 0 Å². The Labute approximate surface area is 122 Å². The van der Waals surface area contributed by atoms with Gasteiger partial charge in [-0.15, -0.1) is 0 Å². The minimum absolute atomic E-state index is 0.245. The average Bonchev–Trinajstić information content (AvgIpc) is 2.69. The standard InChI is InChI=1S/C17H26N2O/c1-13-6-7-14(2)15(12-13)17(3,4)16(20)19-10-5-8-18-9-11-19/h6-7,12,18H,5,8-11H2,1-4H3. The summed E-state index contributed by atoms with van der Waals surface area (Å²) in [5.41, 5.74) is 3.10. The van der Waals surface area contributed by atoms with Gasteiger partial charge in [0.05, 0.1) is 5.41 Å². The highest BCUT2D eigenvalue weighted by atomic mass is 16.2. The zero-order valence-electron chi connectivity index (χ0n) is 13.1. The van der Waals surface area contributed by atoms with E-state index in [1.165, 1.54) is 11.1 Å². The molecular weight excluding hydrogens is 248 g/mol. The molecule has 0 radical (unpaired) electrons. The van der Waals surface area contributed by atoms with E-state index in [-0.39, 0.29) is 5.91 Å². The number of nitrogens with zero attached hydrogens (tertiary/aromatic N) is 1. The molecule has 3 heteroatoms. The fourth-order valence-corrected chi connectivity index (χ4v) is 2.97. The molecule has 1 aliphatic heterocycles. The van der Waals surface area contributed by atoms with E-state index in [2.05, 4.69) is 51.2 Å². The summed E-state index contributed by atoms with van der Waals surface area (Å²) in [6.07, 6.45) is 1.04. The first-order valence-corrected chi connectivity index (χ1v) is 7.51. The smallest absolute Gasteiger partial charge is 0.232 e. The van der Waals surface area contributed by atoms with Crippen molar-refractivity contribution >= 4 is 5.91 Å². The summed E-state index contributed by atoms with van der Waals surface area (Å²) < 4.78 is 0. The van der Waals surface area contributed by atoms with Crippen LogP contribution in [0.1, 0.15) is 37.0 Å². The first-order chi connectivity index (χ1) is 9.43. The molecule has 1 fully saturated rings. The van der Waals surface area contributed by atoms with Crippen LogP contribution in [0.25, 0.3) is 0 Å². The lowest BCUT2D eigenvalue weighted by Crippen LogP contribution is -2.45. The van der Waals surface area contributed by atoms with Crippen molar-refractivity contribution in [2.24, 2.45) is 0 Å². The molecule has 0 unspecified atom stereocenters. The Hall–Kier alpha value is -1.35. The van der Waals surface area contributed by atoms with Gasteiger partial charge in [-0.05, 0) is 51.8 Å². The number of nitrogens with one attached hydrogen (secondary N) is 1. The van der Waals surface area contributed by atoms with Crippen LogP contribution in [0.5, 0.6) is 0 Å². The third-order valence-corrected chi connectivity index (χ3v) is 4.23. The van der Waals surface area contributed by atoms with Crippen LogP contribution in [0, 0.1) is 13.8 Å².